The van der Waals surface area contributed by atoms with Crippen molar-refractivity contribution in [3.05, 3.63) is 87.6 Å². The van der Waals surface area contributed by atoms with E-state index in [1.54, 1.807) is 0 Å². The lowest BCUT2D eigenvalue weighted by molar-refractivity contribution is 0.573. The Balaban J connectivity index is 1.97. The third kappa shape index (κ3) is 3.97. The first kappa shape index (κ1) is 17.4. The van der Waals surface area contributed by atoms with E-state index in [2.05, 4.69) is 4.72 Å². The van der Waals surface area contributed by atoms with Crippen LogP contribution in [-0.4, -0.2) is 8.42 Å². The van der Waals surface area contributed by atoms with E-state index in [-0.39, 0.29) is 4.90 Å². The lowest BCUT2D eigenvalue weighted by Crippen LogP contribution is -2.29. The van der Waals surface area contributed by atoms with Crippen LogP contribution in [0.5, 0.6) is 0 Å². The van der Waals surface area contributed by atoms with Crippen molar-refractivity contribution < 1.29 is 8.42 Å². The Morgan fingerprint density at radius 2 is 1.72 bits per heavy atom. The number of benzene rings is 2. The molecule has 0 aliphatic heterocycles. The Hall–Kier alpha value is -2.46. The second-order valence-electron chi connectivity index (χ2n) is 5.62. The minimum Gasteiger partial charge on any atom is -0.207 e. The van der Waals surface area contributed by atoms with E-state index < -0.39 is 16.1 Å². The molecule has 1 aromatic heterocycles. The van der Waals surface area contributed by atoms with Crippen LogP contribution in [0.3, 0.4) is 0 Å². The van der Waals surface area contributed by atoms with E-state index in [1.807, 2.05) is 54.8 Å². The van der Waals surface area contributed by atoms with E-state index in [0.29, 0.717) is 5.56 Å². The van der Waals surface area contributed by atoms with Gasteiger partial charge in [0, 0.05) is 4.88 Å². The van der Waals surface area contributed by atoms with Crippen LogP contribution in [0.2, 0.25) is 0 Å². The van der Waals surface area contributed by atoms with Crippen LogP contribution in [0.15, 0.2) is 70.9 Å². The van der Waals surface area contributed by atoms with Gasteiger partial charge >= 0.3 is 0 Å². The van der Waals surface area contributed by atoms with Crippen molar-refractivity contribution in [3.8, 4) is 6.07 Å². The highest BCUT2D eigenvalue weighted by Gasteiger charge is 2.23. The van der Waals surface area contributed by atoms with Crippen LogP contribution in [0, 0.1) is 18.3 Å². The van der Waals surface area contributed by atoms with Gasteiger partial charge in [-0.1, -0.05) is 35.9 Å². The zero-order valence-electron chi connectivity index (χ0n) is 13.5. The summed E-state index contributed by atoms with van der Waals surface area (Å²) in [5, 5.41) is 10.8. The van der Waals surface area contributed by atoms with Crippen molar-refractivity contribution >= 4 is 21.4 Å². The molecule has 3 rings (SSSR count). The summed E-state index contributed by atoms with van der Waals surface area (Å²) in [6.07, 6.45) is 0. The van der Waals surface area contributed by atoms with Crippen molar-refractivity contribution in [3.63, 3.8) is 0 Å². The lowest BCUT2D eigenvalue weighted by Gasteiger charge is -2.18. The van der Waals surface area contributed by atoms with Crippen LogP contribution in [-0.2, 0) is 10.0 Å². The molecule has 1 heterocycles. The molecule has 0 amide bonds. The van der Waals surface area contributed by atoms with Gasteiger partial charge in [0.05, 0.1) is 22.6 Å². The number of nitriles is 1. The molecule has 0 unspecified atom stereocenters. The highest BCUT2D eigenvalue weighted by atomic mass is 32.2. The number of nitrogens with one attached hydrogen (secondary N) is 1. The van der Waals surface area contributed by atoms with Crippen molar-refractivity contribution in [2.24, 2.45) is 0 Å². The van der Waals surface area contributed by atoms with E-state index in [4.69, 9.17) is 5.26 Å². The first-order valence-corrected chi connectivity index (χ1v) is 9.98. The zero-order valence-corrected chi connectivity index (χ0v) is 15.1. The molecule has 0 radical (unpaired) electrons. The summed E-state index contributed by atoms with van der Waals surface area (Å²) >= 11 is 1.50. The number of sulfonamides is 1. The SMILES string of the molecule is Cc1ccc([C@@H](NS(=O)(=O)c2ccc(C#N)cc2)c2cccs2)cc1. The van der Waals surface area contributed by atoms with Gasteiger partial charge < -0.3 is 0 Å². The Kier molecular flexibility index (Phi) is 5.00. The molecule has 0 bridgehead atoms. The maximum absolute atomic E-state index is 12.8. The maximum Gasteiger partial charge on any atom is 0.241 e. The topological polar surface area (TPSA) is 70.0 Å². The zero-order chi connectivity index (χ0) is 17.9. The molecule has 6 heteroatoms. The molecular formula is C19H16N2O2S2. The number of aryl methyl sites for hydroxylation is 1. The number of hydrogen-bond acceptors (Lipinski definition) is 4. The molecule has 0 fully saturated rings. The maximum atomic E-state index is 12.8. The van der Waals surface area contributed by atoms with Gasteiger partial charge in [-0.2, -0.15) is 9.98 Å². The van der Waals surface area contributed by atoms with Crippen LogP contribution >= 0.6 is 11.3 Å². The largest absolute Gasteiger partial charge is 0.241 e. The average molecular weight is 368 g/mol. The summed E-state index contributed by atoms with van der Waals surface area (Å²) in [5.74, 6) is 0. The standard InChI is InChI=1S/C19H16N2O2S2/c1-14-4-8-16(9-5-14)19(18-3-2-12-24-18)21-25(22,23)17-10-6-15(13-20)7-11-17/h2-12,19,21H,1H3/t19-/m1/s1. The van der Waals surface area contributed by atoms with Crippen molar-refractivity contribution in [1.29, 1.82) is 5.26 Å². The Labute approximate surface area is 151 Å². The van der Waals surface area contributed by atoms with Crippen molar-refractivity contribution in [2.45, 2.75) is 17.9 Å². The molecule has 25 heavy (non-hydrogen) atoms. The highest BCUT2D eigenvalue weighted by molar-refractivity contribution is 7.89. The van der Waals surface area contributed by atoms with Gasteiger partial charge in [-0.25, -0.2) is 8.42 Å². The quantitative estimate of drug-likeness (QED) is 0.740. The minimum atomic E-state index is -3.72. The molecule has 1 N–H and O–H groups in total. The number of hydrogen-bond donors (Lipinski definition) is 1. The molecule has 0 saturated heterocycles. The van der Waals surface area contributed by atoms with Gasteiger partial charge in [0.1, 0.15) is 0 Å². The Morgan fingerprint density at radius 3 is 2.28 bits per heavy atom. The predicted octanol–water partition coefficient (Wildman–Crippen LogP) is 4.00. The van der Waals surface area contributed by atoms with E-state index in [0.717, 1.165) is 16.0 Å². The molecule has 126 valence electrons. The van der Waals surface area contributed by atoms with Gasteiger partial charge in [-0.3, -0.25) is 0 Å². The molecule has 0 spiro atoms. The number of rotatable bonds is 5. The normalized spacial score (nSPS) is 12.5. The van der Waals surface area contributed by atoms with Crippen molar-refractivity contribution in [1.82, 2.24) is 4.72 Å². The summed E-state index contributed by atoms with van der Waals surface area (Å²) < 4.78 is 28.4. The molecule has 1 atom stereocenters. The summed E-state index contributed by atoms with van der Waals surface area (Å²) in [6.45, 7) is 1.99. The molecule has 4 nitrogen and oxygen atoms in total. The van der Waals surface area contributed by atoms with Crippen LogP contribution < -0.4 is 4.72 Å². The first-order valence-electron chi connectivity index (χ1n) is 7.62. The number of thiophene rings is 1. The Morgan fingerprint density at radius 1 is 1.04 bits per heavy atom. The number of nitrogens with zero attached hydrogens (tertiary/aromatic N) is 1. The lowest BCUT2D eigenvalue weighted by atomic mass is 10.0. The van der Waals surface area contributed by atoms with E-state index in [1.165, 1.54) is 35.6 Å². The van der Waals surface area contributed by atoms with Gasteiger partial charge in [-0.05, 0) is 48.2 Å². The minimum absolute atomic E-state index is 0.139. The highest BCUT2D eigenvalue weighted by Crippen LogP contribution is 2.28. The first-order chi connectivity index (χ1) is 12.0. The molecular weight excluding hydrogens is 352 g/mol. The summed E-state index contributed by atoms with van der Waals surface area (Å²) in [6, 6.07) is 19.0. The molecule has 0 aliphatic rings. The molecule has 0 aliphatic carbocycles. The Bertz CT molecular complexity index is 985. The molecule has 2 aromatic carbocycles. The van der Waals surface area contributed by atoms with Gasteiger partial charge in [-0.15, -0.1) is 11.3 Å². The third-order valence-electron chi connectivity index (χ3n) is 3.81. The third-order valence-corrected chi connectivity index (χ3v) is 6.18. The summed E-state index contributed by atoms with van der Waals surface area (Å²) in [5.41, 5.74) is 2.42. The smallest absolute Gasteiger partial charge is 0.207 e. The van der Waals surface area contributed by atoms with Crippen LogP contribution in [0.25, 0.3) is 0 Å². The molecule has 3 aromatic rings. The van der Waals surface area contributed by atoms with Gasteiger partial charge in [0.15, 0.2) is 0 Å². The van der Waals surface area contributed by atoms with Crippen molar-refractivity contribution in [2.75, 3.05) is 0 Å². The second-order valence-corrected chi connectivity index (χ2v) is 8.31. The predicted molar refractivity (Wildman–Crippen MR) is 98.8 cm³/mol. The average Bonchev–Trinajstić information content (AvgIpc) is 3.15. The summed E-state index contributed by atoms with van der Waals surface area (Å²) in [7, 11) is -3.72. The summed E-state index contributed by atoms with van der Waals surface area (Å²) in [4.78, 5) is 1.06. The van der Waals surface area contributed by atoms with Gasteiger partial charge in [0.25, 0.3) is 0 Å². The van der Waals surface area contributed by atoms with E-state index in [9.17, 15) is 8.42 Å². The van der Waals surface area contributed by atoms with Crippen LogP contribution in [0.4, 0.5) is 0 Å². The van der Waals surface area contributed by atoms with Crippen LogP contribution in [0.1, 0.15) is 27.6 Å². The fourth-order valence-electron chi connectivity index (χ4n) is 2.44. The molecule has 0 saturated carbocycles. The fourth-order valence-corrected chi connectivity index (χ4v) is 4.52. The monoisotopic (exact) mass is 368 g/mol. The van der Waals surface area contributed by atoms with Gasteiger partial charge in [0.2, 0.25) is 10.0 Å². The second kappa shape index (κ2) is 7.19. The van der Waals surface area contributed by atoms with E-state index >= 15 is 0 Å². The fraction of sp³-hybridized carbons (Fsp3) is 0.105.